The van der Waals surface area contributed by atoms with E-state index in [-0.39, 0.29) is 17.6 Å². The maximum absolute atomic E-state index is 13.2. The summed E-state index contributed by atoms with van der Waals surface area (Å²) in [6.45, 7) is 1.93. The number of rotatable bonds is 2. The second-order valence-corrected chi connectivity index (χ2v) is 6.54. The summed E-state index contributed by atoms with van der Waals surface area (Å²) >= 11 is 0. The van der Waals surface area contributed by atoms with Gasteiger partial charge in [0.25, 0.3) is 5.91 Å². The Hall–Kier alpha value is -3.60. The van der Waals surface area contributed by atoms with Gasteiger partial charge >= 0.3 is 0 Å². The molecule has 138 valence electrons. The normalized spacial score (nSPS) is 15.7. The fraction of sp³-hybridized carbons (Fsp3) is 0.0870. The van der Waals surface area contributed by atoms with Gasteiger partial charge in [-0.1, -0.05) is 42.5 Å². The molecule has 0 bridgehead atoms. The van der Waals surface area contributed by atoms with Crippen molar-refractivity contribution in [3.63, 3.8) is 0 Å². The number of para-hydroxylation sites is 2. The SMILES string of the molecule is CC1=Nc2ccccc2N=C(NC(=O)c2ccc(F)cc2)[C@H]1c1ccccc1. The van der Waals surface area contributed by atoms with Gasteiger partial charge in [0.2, 0.25) is 0 Å². The van der Waals surface area contributed by atoms with Crippen molar-refractivity contribution in [3.8, 4) is 0 Å². The third-order valence-electron chi connectivity index (χ3n) is 4.59. The van der Waals surface area contributed by atoms with Crippen molar-refractivity contribution in [3.05, 3.63) is 95.8 Å². The van der Waals surface area contributed by atoms with Crippen molar-refractivity contribution >= 4 is 28.8 Å². The van der Waals surface area contributed by atoms with Crippen molar-refractivity contribution in [2.24, 2.45) is 9.98 Å². The summed E-state index contributed by atoms with van der Waals surface area (Å²) in [6.07, 6.45) is 0. The Morgan fingerprint density at radius 2 is 1.46 bits per heavy atom. The van der Waals surface area contributed by atoms with Gasteiger partial charge < -0.3 is 5.32 Å². The molecule has 0 aromatic heterocycles. The van der Waals surface area contributed by atoms with E-state index in [9.17, 15) is 9.18 Å². The minimum absolute atomic E-state index is 0.294. The van der Waals surface area contributed by atoms with Crippen molar-refractivity contribution < 1.29 is 9.18 Å². The highest BCUT2D eigenvalue weighted by Gasteiger charge is 2.26. The van der Waals surface area contributed by atoms with E-state index in [0.717, 1.165) is 17.0 Å². The fourth-order valence-corrected chi connectivity index (χ4v) is 3.23. The fourth-order valence-electron chi connectivity index (χ4n) is 3.23. The Labute approximate surface area is 162 Å². The summed E-state index contributed by atoms with van der Waals surface area (Å²) in [4.78, 5) is 22.2. The molecule has 3 aromatic carbocycles. The number of carbonyl (C=O) groups excluding carboxylic acids is 1. The Morgan fingerprint density at radius 3 is 2.14 bits per heavy atom. The largest absolute Gasteiger partial charge is 0.309 e. The number of nitrogens with one attached hydrogen (secondary N) is 1. The van der Waals surface area contributed by atoms with E-state index in [0.29, 0.717) is 17.1 Å². The highest BCUT2D eigenvalue weighted by atomic mass is 19.1. The summed E-state index contributed by atoms with van der Waals surface area (Å²) in [5.74, 6) is -0.529. The van der Waals surface area contributed by atoms with Crippen LogP contribution in [0.3, 0.4) is 0 Å². The topological polar surface area (TPSA) is 53.8 Å². The maximum Gasteiger partial charge on any atom is 0.256 e. The molecule has 0 aliphatic carbocycles. The first-order valence-corrected chi connectivity index (χ1v) is 8.96. The second-order valence-electron chi connectivity index (χ2n) is 6.54. The quantitative estimate of drug-likeness (QED) is 0.663. The predicted octanol–water partition coefficient (Wildman–Crippen LogP) is 5.18. The number of amidine groups is 1. The molecule has 0 unspecified atom stereocenters. The van der Waals surface area contributed by atoms with Gasteiger partial charge in [-0.05, 0) is 48.9 Å². The van der Waals surface area contributed by atoms with Crippen LogP contribution in [-0.2, 0) is 0 Å². The number of fused-ring (bicyclic) bond motifs is 1. The average molecular weight is 371 g/mol. The number of hydrogen-bond donors (Lipinski definition) is 1. The highest BCUT2D eigenvalue weighted by Crippen LogP contribution is 2.34. The van der Waals surface area contributed by atoms with Crippen molar-refractivity contribution in [1.29, 1.82) is 0 Å². The van der Waals surface area contributed by atoms with Gasteiger partial charge in [-0.15, -0.1) is 0 Å². The number of carbonyl (C=O) groups is 1. The molecule has 1 heterocycles. The monoisotopic (exact) mass is 371 g/mol. The highest BCUT2D eigenvalue weighted by molar-refractivity contribution is 6.19. The molecular weight excluding hydrogens is 353 g/mol. The van der Waals surface area contributed by atoms with Crippen LogP contribution in [0.5, 0.6) is 0 Å². The van der Waals surface area contributed by atoms with Crippen LogP contribution in [0.15, 0.2) is 88.8 Å². The van der Waals surface area contributed by atoms with E-state index >= 15 is 0 Å². The summed E-state index contributed by atoms with van der Waals surface area (Å²) < 4.78 is 13.2. The zero-order valence-electron chi connectivity index (χ0n) is 15.3. The zero-order valence-corrected chi connectivity index (χ0v) is 15.3. The molecule has 28 heavy (non-hydrogen) atoms. The number of nitrogens with zero attached hydrogens (tertiary/aromatic N) is 2. The number of hydrogen-bond acceptors (Lipinski definition) is 3. The summed E-state index contributed by atoms with van der Waals surface area (Å²) in [6, 6.07) is 22.8. The molecule has 5 heteroatoms. The van der Waals surface area contributed by atoms with E-state index in [1.165, 1.54) is 24.3 Å². The molecule has 0 fully saturated rings. The van der Waals surface area contributed by atoms with Crippen LogP contribution in [-0.4, -0.2) is 17.5 Å². The molecule has 1 amide bonds. The minimum atomic E-state index is -0.387. The van der Waals surface area contributed by atoms with Crippen LogP contribution in [0.4, 0.5) is 15.8 Å². The molecule has 1 aliphatic rings. The first kappa shape index (κ1) is 17.8. The maximum atomic E-state index is 13.2. The minimum Gasteiger partial charge on any atom is -0.309 e. The van der Waals surface area contributed by atoms with Gasteiger partial charge in [0, 0.05) is 11.3 Å². The number of amides is 1. The van der Waals surface area contributed by atoms with Crippen LogP contribution in [0, 0.1) is 5.82 Å². The lowest BCUT2D eigenvalue weighted by molar-refractivity contribution is 0.0976. The third kappa shape index (κ3) is 3.60. The summed E-state index contributed by atoms with van der Waals surface area (Å²) in [5.41, 5.74) is 3.62. The summed E-state index contributed by atoms with van der Waals surface area (Å²) in [5, 5.41) is 2.92. The van der Waals surface area contributed by atoms with Crippen molar-refractivity contribution in [2.75, 3.05) is 0 Å². The molecule has 4 rings (SSSR count). The van der Waals surface area contributed by atoms with Crippen LogP contribution in [0.2, 0.25) is 0 Å². The lowest BCUT2D eigenvalue weighted by atomic mass is 9.93. The van der Waals surface area contributed by atoms with Crippen LogP contribution >= 0.6 is 0 Å². The van der Waals surface area contributed by atoms with Crippen molar-refractivity contribution in [1.82, 2.24) is 5.32 Å². The average Bonchev–Trinajstić information content (AvgIpc) is 2.84. The summed E-state index contributed by atoms with van der Waals surface area (Å²) in [7, 11) is 0. The molecule has 4 nitrogen and oxygen atoms in total. The Morgan fingerprint density at radius 1 is 0.857 bits per heavy atom. The van der Waals surface area contributed by atoms with E-state index in [1.807, 2.05) is 61.5 Å². The molecule has 3 aromatic rings. The molecular formula is C23H18FN3O. The smallest absolute Gasteiger partial charge is 0.256 e. The Balaban J connectivity index is 1.78. The van der Waals surface area contributed by atoms with Crippen molar-refractivity contribution in [2.45, 2.75) is 12.8 Å². The van der Waals surface area contributed by atoms with E-state index in [1.54, 1.807) is 0 Å². The standard InChI is InChI=1S/C23H18FN3O/c1-15-21(16-7-3-2-4-8-16)22(26-20-10-6-5-9-19(20)25-15)27-23(28)17-11-13-18(24)14-12-17/h2-14,21H,1H3,(H,26,27,28)/t21-/m1/s1. The molecule has 0 spiro atoms. The van der Waals surface area contributed by atoms with Gasteiger partial charge in [-0.3, -0.25) is 9.79 Å². The van der Waals surface area contributed by atoms with E-state index < -0.39 is 0 Å². The van der Waals surface area contributed by atoms with Gasteiger partial charge in [-0.25, -0.2) is 9.38 Å². The molecule has 1 N–H and O–H groups in total. The van der Waals surface area contributed by atoms with Crippen LogP contribution in [0.25, 0.3) is 0 Å². The van der Waals surface area contributed by atoms with Crippen LogP contribution < -0.4 is 5.32 Å². The van der Waals surface area contributed by atoms with Gasteiger partial charge in [0.05, 0.1) is 17.3 Å². The molecule has 0 saturated carbocycles. The number of halogens is 1. The Kier molecular flexibility index (Phi) is 4.81. The lowest BCUT2D eigenvalue weighted by Gasteiger charge is -2.19. The third-order valence-corrected chi connectivity index (χ3v) is 4.59. The first-order chi connectivity index (χ1) is 13.6. The second kappa shape index (κ2) is 7.56. The predicted molar refractivity (Wildman–Crippen MR) is 109 cm³/mol. The molecule has 0 saturated heterocycles. The van der Waals surface area contributed by atoms with Crippen LogP contribution in [0.1, 0.15) is 28.8 Å². The number of aliphatic imine (C=N–C) groups is 2. The van der Waals surface area contributed by atoms with Gasteiger partial charge in [0.1, 0.15) is 11.7 Å². The molecule has 0 radical (unpaired) electrons. The molecule has 1 aliphatic heterocycles. The lowest BCUT2D eigenvalue weighted by Crippen LogP contribution is -2.37. The van der Waals surface area contributed by atoms with Gasteiger partial charge in [-0.2, -0.15) is 0 Å². The zero-order chi connectivity index (χ0) is 19.5. The van der Waals surface area contributed by atoms with E-state index in [2.05, 4.69) is 5.32 Å². The number of benzene rings is 3. The molecule has 1 atom stereocenters. The Bertz CT molecular complexity index is 1070. The van der Waals surface area contributed by atoms with Gasteiger partial charge in [0.15, 0.2) is 0 Å². The first-order valence-electron chi connectivity index (χ1n) is 8.96. The van der Waals surface area contributed by atoms with E-state index in [4.69, 9.17) is 9.98 Å².